The number of hydrogen-bond donors (Lipinski definition) is 1. The van der Waals surface area contributed by atoms with Crippen LogP contribution in [-0.2, 0) is 11.2 Å². The van der Waals surface area contributed by atoms with Gasteiger partial charge in [-0.05, 0) is 36.1 Å². The fourth-order valence-electron chi connectivity index (χ4n) is 3.89. The summed E-state index contributed by atoms with van der Waals surface area (Å²) in [4.78, 5) is 21.6. The van der Waals surface area contributed by atoms with Crippen LogP contribution in [0.2, 0.25) is 0 Å². The normalized spacial score (nSPS) is 21.0. The summed E-state index contributed by atoms with van der Waals surface area (Å²) in [7, 11) is 0. The Kier molecular flexibility index (Phi) is 4.76. The summed E-state index contributed by atoms with van der Waals surface area (Å²) in [5.41, 5.74) is 3.54. The van der Waals surface area contributed by atoms with Gasteiger partial charge in [-0.25, -0.2) is 0 Å². The summed E-state index contributed by atoms with van der Waals surface area (Å²) in [5, 5.41) is 3.44. The van der Waals surface area contributed by atoms with Crippen molar-refractivity contribution in [3.8, 4) is 0 Å². The molecule has 1 atom stereocenters. The van der Waals surface area contributed by atoms with E-state index in [1.165, 1.54) is 11.1 Å². The van der Waals surface area contributed by atoms with E-state index in [0.717, 1.165) is 44.7 Å². The van der Waals surface area contributed by atoms with Crippen molar-refractivity contribution in [3.05, 3.63) is 59.9 Å². The van der Waals surface area contributed by atoms with Gasteiger partial charge in [0.15, 0.2) is 0 Å². The molecular formula is C20H24N4O. The lowest BCUT2D eigenvalue weighted by Gasteiger charge is -2.38. The number of benzene rings is 1. The quantitative estimate of drug-likeness (QED) is 0.931. The highest BCUT2D eigenvalue weighted by molar-refractivity contribution is 5.96. The van der Waals surface area contributed by atoms with Gasteiger partial charge < -0.3 is 10.2 Å². The summed E-state index contributed by atoms with van der Waals surface area (Å²) in [5.74, 6) is 0.197. The zero-order chi connectivity index (χ0) is 17.1. The average Bonchev–Trinajstić information content (AvgIpc) is 2.68. The largest absolute Gasteiger partial charge is 0.314 e. The first kappa shape index (κ1) is 16.2. The lowest BCUT2D eigenvalue weighted by molar-refractivity contribution is -0.120. The smallest absolute Gasteiger partial charge is 0.241 e. The molecule has 1 aromatic carbocycles. The number of para-hydroxylation sites is 1. The Morgan fingerprint density at radius 1 is 1.20 bits per heavy atom. The van der Waals surface area contributed by atoms with Gasteiger partial charge in [-0.2, -0.15) is 0 Å². The molecule has 1 N–H and O–H groups in total. The van der Waals surface area contributed by atoms with E-state index in [-0.39, 0.29) is 11.9 Å². The van der Waals surface area contributed by atoms with Gasteiger partial charge in [0.05, 0.1) is 6.54 Å². The number of carbonyl (C=O) groups is 1. The third-order valence-corrected chi connectivity index (χ3v) is 5.17. The maximum Gasteiger partial charge on any atom is 0.241 e. The van der Waals surface area contributed by atoms with Crippen LogP contribution in [0.25, 0.3) is 0 Å². The predicted octanol–water partition coefficient (Wildman–Crippen LogP) is 2.01. The molecule has 5 heteroatoms. The van der Waals surface area contributed by atoms with Gasteiger partial charge in [-0.15, -0.1) is 0 Å². The summed E-state index contributed by atoms with van der Waals surface area (Å²) in [6, 6.07) is 12.5. The Morgan fingerprint density at radius 3 is 3.00 bits per heavy atom. The van der Waals surface area contributed by atoms with Crippen molar-refractivity contribution in [3.63, 3.8) is 0 Å². The maximum atomic E-state index is 13.1. The standard InChI is InChI=1S/C20H24N4O/c25-20(24-11-4-7-16-5-1-2-8-18(16)24)15-23-12-10-22-14-19(23)17-6-3-9-21-13-17/h1-3,5-6,8-9,13,19,22H,4,7,10-12,14-15H2. The predicted molar refractivity (Wildman–Crippen MR) is 98.5 cm³/mol. The van der Waals surface area contributed by atoms with Crippen molar-refractivity contribution in [2.75, 3.05) is 37.6 Å². The third kappa shape index (κ3) is 3.43. The Labute approximate surface area is 148 Å². The zero-order valence-electron chi connectivity index (χ0n) is 14.4. The Balaban J connectivity index is 1.52. The SMILES string of the molecule is O=C(CN1CCNCC1c1cccnc1)N1CCCc2ccccc21. The Bertz CT molecular complexity index is 733. The van der Waals surface area contributed by atoms with Gasteiger partial charge in [0.1, 0.15) is 0 Å². The number of amides is 1. The summed E-state index contributed by atoms with van der Waals surface area (Å²) in [6.45, 7) is 3.92. The van der Waals surface area contributed by atoms with Crippen LogP contribution in [0.3, 0.4) is 0 Å². The van der Waals surface area contributed by atoms with Gasteiger partial charge in [0, 0.05) is 50.3 Å². The molecule has 0 saturated carbocycles. The molecule has 0 bridgehead atoms. The van der Waals surface area contributed by atoms with Crippen molar-refractivity contribution < 1.29 is 4.79 Å². The summed E-state index contributed by atoms with van der Waals surface area (Å²) in [6.07, 6.45) is 5.80. The highest BCUT2D eigenvalue weighted by atomic mass is 16.2. The van der Waals surface area contributed by atoms with E-state index in [1.807, 2.05) is 23.2 Å². The molecule has 2 aliphatic heterocycles. The number of nitrogens with one attached hydrogen (secondary N) is 1. The molecular weight excluding hydrogens is 312 g/mol. The van der Waals surface area contributed by atoms with Gasteiger partial charge in [-0.1, -0.05) is 24.3 Å². The van der Waals surface area contributed by atoms with E-state index in [2.05, 4.69) is 39.5 Å². The number of pyridine rings is 1. The fraction of sp³-hybridized carbons (Fsp3) is 0.400. The molecule has 0 aliphatic carbocycles. The number of rotatable bonds is 3. The van der Waals surface area contributed by atoms with Crippen molar-refractivity contribution in [2.24, 2.45) is 0 Å². The number of hydrogen-bond acceptors (Lipinski definition) is 4. The number of carbonyl (C=O) groups excluding carboxylic acids is 1. The molecule has 1 unspecified atom stereocenters. The molecule has 0 spiro atoms. The number of piperazine rings is 1. The first-order valence-corrected chi connectivity index (χ1v) is 9.06. The number of nitrogens with zero attached hydrogens (tertiary/aromatic N) is 3. The second-order valence-corrected chi connectivity index (χ2v) is 6.75. The zero-order valence-corrected chi connectivity index (χ0v) is 14.4. The van der Waals surface area contributed by atoms with Crippen molar-refractivity contribution >= 4 is 11.6 Å². The molecule has 3 heterocycles. The van der Waals surface area contributed by atoms with Crippen LogP contribution < -0.4 is 10.2 Å². The Morgan fingerprint density at radius 2 is 2.12 bits per heavy atom. The minimum Gasteiger partial charge on any atom is -0.314 e. The number of fused-ring (bicyclic) bond motifs is 1. The van der Waals surface area contributed by atoms with Crippen LogP contribution in [0, 0.1) is 0 Å². The molecule has 1 amide bonds. The molecule has 1 fully saturated rings. The molecule has 4 rings (SSSR count). The van der Waals surface area contributed by atoms with E-state index < -0.39 is 0 Å². The van der Waals surface area contributed by atoms with E-state index in [0.29, 0.717) is 6.54 Å². The van der Waals surface area contributed by atoms with Gasteiger partial charge in [0.25, 0.3) is 0 Å². The second-order valence-electron chi connectivity index (χ2n) is 6.75. The van der Waals surface area contributed by atoms with Crippen LogP contribution in [0.5, 0.6) is 0 Å². The molecule has 2 aliphatic rings. The second kappa shape index (κ2) is 7.33. The first-order valence-electron chi connectivity index (χ1n) is 9.06. The molecule has 0 radical (unpaired) electrons. The molecule has 1 saturated heterocycles. The van der Waals surface area contributed by atoms with E-state index in [4.69, 9.17) is 0 Å². The number of anilines is 1. The number of aryl methyl sites for hydroxylation is 1. The molecule has 1 aromatic heterocycles. The average molecular weight is 336 g/mol. The molecule has 5 nitrogen and oxygen atoms in total. The van der Waals surface area contributed by atoms with Gasteiger partial charge >= 0.3 is 0 Å². The topological polar surface area (TPSA) is 48.5 Å². The minimum atomic E-state index is 0.197. The fourth-order valence-corrected chi connectivity index (χ4v) is 3.89. The third-order valence-electron chi connectivity index (χ3n) is 5.17. The van der Waals surface area contributed by atoms with Crippen molar-refractivity contribution in [1.82, 2.24) is 15.2 Å². The lowest BCUT2D eigenvalue weighted by atomic mass is 10.0. The van der Waals surface area contributed by atoms with Crippen LogP contribution >= 0.6 is 0 Å². The van der Waals surface area contributed by atoms with Crippen LogP contribution in [0.4, 0.5) is 5.69 Å². The van der Waals surface area contributed by atoms with E-state index >= 15 is 0 Å². The molecule has 130 valence electrons. The highest BCUT2D eigenvalue weighted by Gasteiger charge is 2.29. The first-order chi connectivity index (χ1) is 12.3. The highest BCUT2D eigenvalue weighted by Crippen LogP contribution is 2.28. The van der Waals surface area contributed by atoms with Crippen LogP contribution in [0.1, 0.15) is 23.6 Å². The summed E-state index contributed by atoms with van der Waals surface area (Å²) < 4.78 is 0. The van der Waals surface area contributed by atoms with Crippen molar-refractivity contribution in [2.45, 2.75) is 18.9 Å². The van der Waals surface area contributed by atoms with Gasteiger partial charge in [-0.3, -0.25) is 14.7 Å². The lowest BCUT2D eigenvalue weighted by Crippen LogP contribution is -2.50. The van der Waals surface area contributed by atoms with Crippen LogP contribution in [-0.4, -0.2) is 48.5 Å². The molecule has 2 aromatic rings. The van der Waals surface area contributed by atoms with E-state index in [1.54, 1.807) is 6.20 Å². The Hall–Kier alpha value is -2.24. The van der Waals surface area contributed by atoms with Crippen molar-refractivity contribution in [1.29, 1.82) is 0 Å². The minimum absolute atomic E-state index is 0.197. The number of aromatic nitrogens is 1. The van der Waals surface area contributed by atoms with E-state index in [9.17, 15) is 4.79 Å². The van der Waals surface area contributed by atoms with Gasteiger partial charge in [0.2, 0.25) is 5.91 Å². The summed E-state index contributed by atoms with van der Waals surface area (Å²) >= 11 is 0. The molecule has 25 heavy (non-hydrogen) atoms. The maximum absolute atomic E-state index is 13.1. The van der Waals surface area contributed by atoms with Crippen LogP contribution in [0.15, 0.2) is 48.8 Å². The monoisotopic (exact) mass is 336 g/mol.